The molecule has 0 unspecified atom stereocenters. The molecule has 3 rings (SSSR count). The smallest absolute Gasteiger partial charge is 0.310 e. The molecule has 0 spiro atoms. The Hall–Kier alpha value is -3.01. The topological polar surface area (TPSA) is 67.3 Å². The number of pyridine rings is 1. The third kappa shape index (κ3) is 3.43. The summed E-state index contributed by atoms with van der Waals surface area (Å²) < 4.78 is 0. The number of carbonyl (C=O) groups excluding carboxylic acids is 1. The molecule has 1 heterocycles. The Morgan fingerprint density at radius 3 is 2.39 bits per heavy atom. The minimum atomic E-state index is -1.11. The lowest BCUT2D eigenvalue weighted by Gasteiger charge is -2.09. The average Bonchev–Trinajstić information content (AvgIpc) is 2.54. The lowest BCUT2D eigenvalue weighted by molar-refractivity contribution is -0.140. The lowest BCUT2D eigenvalue weighted by Crippen LogP contribution is -2.10. The zero-order valence-corrected chi connectivity index (χ0v) is 12.4. The van der Waals surface area contributed by atoms with Crippen LogP contribution in [0.2, 0.25) is 0 Å². The van der Waals surface area contributed by atoms with Crippen molar-refractivity contribution in [3.05, 3.63) is 66.4 Å². The maximum atomic E-state index is 11.8. The Kier molecular flexibility index (Phi) is 4.15. The van der Waals surface area contributed by atoms with Crippen LogP contribution < -0.4 is 0 Å². The predicted octanol–water partition coefficient (Wildman–Crippen LogP) is 3.49. The summed E-state index contributed by atoms with van der Waals surface area (Å²) in [5, 5.41) is 9.73. The van der Waals surface area contributed by atoms with Crippen LogP contribution in [-0.2, 0) is 16.0 Å². The lowest BCUT2D eigenvalue weighted by atomic mass is 9.99. The number of aromatic nitrogens is 1. The summed E-state index contributed by atoms with van der Waals surface area (Å²) in [5.74, 6) is -1.46. The zero-order chi connectivity index (χ0) is 16.2. The number of carboxylic acid groups (broad SMARTS) is 1. The highest BCUT2D eigenvalue weighted by Crippen LogP contribution is 2.28. The Morgan fingerprint density at radius 1 is 0.957 bits per heavy atom. The number of hydrogen-bond acceptors (Lipinski definition) is 3. The number of carbonyl (C=O) groups is 2. The molecule has 4 nitrogen and oxygen atoms in total. The van der Waals surface area contributed by atoms with Crippen LogP contribution in [0, 0.1) is 0 Å². The summed E-state index contributed by atoms with van der Waals surface area (Å²) in [5.41, 5.74) is 3.42. The van der Waals surface area contributed by atoms with Crippen molar-refractivity contribution < 1.29 is 14.7 Å². The highest BCUT2D eigenvalue weighted by atomic mass is 16.4. The van der Waals surface area contributed by atoms with Crippen LogP contribution in [0.4, 0.5) is 0 Å². The van der Waals surface area contributed by atoms with E-state index in [-0.39, 0.29) is 12.2 Å². The fourth-order valence-electron chi connectivity index (χ4n) is 2.61. The van der Waals surface area contributed by atoms with Gasteiger partial charge in [-0.05, 0) is 23.3 Å². The maximum absolute atomic E-state index is 11.8. The summed E-state index contributed by atoms with van der Waals surface area (Å²) in [6, 6.07) is 19.5. The molecule has 0 aliphatic heterocycles. The Morgan fingerprint density at radius 2 is 1.65 bits per heavy atom. The van der Waals surface area contributed by atoms with Crippen molar-refractivity contribution in [1.82, 2.24) is 4.98 Å². The van der Waals surface area contributed by atoms with Gasteiger partial charge in [-0.3, -0.25) is 14.6 Å². The molecule has 4 heteroatoms. The van der Waals surface area contributed by atoms with Crippen LogP contribution in [0.3, 0.4) is 0 Å². The van der Waals surface area contributed by atoms with Crippen LogP contribution in [-0.4, -0.2) is 21.8 Å². The minimum absolute atomic E-state index is 0.0248. The minimum Gasteiger partial charge on any atom is -0.481 e. The number of aliphatic carboxylic acids is 1. The molecule has 114 valence electrons. The molecular formula is C19H15NO3. The molecule has 23 heavy (non-hydrogen) atoms. The highest BCUT2D eigenvalue weighted by Gasteiger charge is 2.13. The molecule has 1 aromatic heterocycles. The van der Waals surface area contributed by atoms with Crippen LogP contribution in [0.5, 0.6) is 0 Å². The molecule has 1 N–H and O–H groups in total. The van der Waals surface area contributed by atoms with Gasteiger partial charge in [-0.2, -0.15) is 0 Å². The second-order valence-electron chi connectivity index (χ2n) is 5.33. The summed E-state index contributed by atoms with van der Waals surface area (Å²) in [6.45, 7) is 0. The number of para-hydroxylation sites is 1. The summed E-state index contributed by atoms with van der Waals surface area (Å²) >= 11 is 0. The van der Waals surface area contributed by atoms with E-state index in [1.54, 1.807) is 0 Å². The number of fused-ring (bicyclic) bond motifs is 1. The number of rotatable bonds is 5. The van der Waals surface area contributed by atoms with E-state index in [4.69, 9.17) is 5.11 Å². The first-order valence-electron chi connectivity index (χ1n) is 7.31. The summed E-state index contributed by atoms with van der Waals surface area (Å²) in [6.07, 6.45) is -0.452. The SMILES string of the molecule is O=C(O)CC(=O)Cc1cc(-c2ccccc2)c2ccccc2n1. The first kappa shape index (κ1) is 14.9. The molecule has 0 bridgehead atoms. The second-order valence-corrected chi connectivity index (χ2v) is 5.33. The zero-order valence-electron chi connectivity index (χ0n) is 12.4. The van der Waals surface area contributed by atoms with Crippen LogP contribution in [0.25, 0.3) is 22.0 Å². The van der Waals surface area contributed by atoms with E-state index in [0.717, 1.165) is 22.0 Å². The number of nitrogens with zero attached hydrogens (tertiary/aromatic N) is 1. The van der Waals surface area contributed by atoms with Gasteiger partial charge in [0.25, 0.3) is 0 Å². The molecule has 3 aromatic rings. The van der Waals surface area contributed by atoms with E-state index < -0.39 is 12.4 Å². The Bertz CT molecular complexity index is 872. The van der Waals surface area contributed by atoms with Gasteiger partial charge in [-0.15, -0.1) is 0 Å². The largest absolute Gasteiger partial charge is 0.481 e. The third-order valence-corrected chi connectivity index (χ3v) is 3.58. The van der Waals surface area contributed by atoms with Crippen LogP contribution in [0.1, 0.15) is 12.1 Å². The van der Waals surface area contributed by atoms with Crippen LogP contribution in [0.15, 0.2) is 60.7 Å². The first-order valence-corrected chi connectivity index (χ1v) is 7.31. The van der Waals surface area contributed by atoms with Crippen molar-refractivity contribution in [2.75, 3.05) is 0 Å². The van der Waals surface area contributed by atoms with Crippen molar-refractivity contribution in [2.45, 2.75) is 12.8 Å². The normalized spacial score (nSPS) is 10.6. The third-order valence-electron chi connectivity index (χ3n) is 3.58. The van der Waals surface area contributed by atoms with Crippen molar-refractivity contribution in [2.24, 2.45) is 0 Å². The van der Waals surface area contributed by atoms with Crippen molar-refractivity contribution >= 4 is 22.7 Å². The van der Waals surface area contributed by atoms with Gasteiger partial charge in [-0.25, -0.2) is 0 Å². The van der Waals surface area contributed by atoms with Crippen molar-refractivity contribution in [3.8, 4) is 11.1 Å². The van der Waals surface area contributed by atoms with E-state index >= 15 is 0 Å². The number of Topliss-reactive ketones (excluding diaryl/α,β-unsaturated/α-hetero) is 1. The predicted molar refractivity (Wildman–Crippen MR) is 88.1 cm³/mol. The van der Waals surface area contributed by atoms with E-state index in [1.807, 2.05) is 60.7 Å². The van der Waals surface area contributed by atoms with Gasteiger partial charge in [0, 0.05) is 17.5 Å². The van der Waals surface area contributed by atoms with Crippen molar-refractivity contribution in [3.63, 3.8) is 0 Å². The van der Waals surface area contributed by atoms with Gasteiger partial charge in [0.05, 0.1) is 5.52 Å². The highest BCUT2D eigenvalue weighted by molar-refractivity contribution is 5.97. The maximum Gasteiger partial charge on any atom is 0.310 e. The first-order chi connectivity index (χ1) is 11.1. The molecule has 0 saturated carbocycles. The molecule has 0 amide bonds. The molecule has 0 fully saturated rings. The van der Waals surface area contributed by atoms with E-state index in [1.165, 1.54) is 0 Å². The summed E-state index contributed by atoms with van der Waals surface area (Å²) in [4.78, 5) is 26.9. The molecule has 0 aliphatic rings. The van der Waals surface area contributed by atoms with Gasteiger partial charge in [0.1, 0.15) is 12.2 Å². The Labute approximate surface area is 133 Å². The van der Waals surface area contributed by atoms with Crippen molar-refractivity contribution in [1.29, 1.82) is 0 Å². The second kappa shape index (κ2) is 6.40. The Balaban J connectivity index is 2.07. The number of hydrogen-bond donors (Lipinski definition) is 1. The van der Waals surface area contributed by atoms with Gasteiger partial charge in [0.2, 0.25) is 0 Å². The molecular weight excluding hydrogens is 290 g/mol. The van der Waals surface area contributed by atoms with Gasteiger partial charge >= 0.3 is 5.97 Å². The van der Waals surface area contributed by atoms with Gasteiger partial charge < -0.3 is 5.11 Å². The number of carboxylic acids is 1. The average molecular weight is 305 g/mol. The van der Waals surface area contributed by atoms with Gasteiger partial charge in [0.15, 0.2) is 0 Å². The van der Waals surface area contributed by atoms with E-state index in [9.17, 15) is 9.59 Å². The number of benzene rings is 2. The van der Waals surface area contributed by atoms with Crippen LogP contribution >= 0.6 is 0 Å². The number of ketones is 1. The molecule has 2 aromatic carbocycles. The van der Waals surface area contributed by atoms with E-state index in [2.05, 4.69) is 4.98 Å². The molecule has 0 atom stereocenters. The molecule has 0 saturated heterocycles. The fraction of sp³-hybridized carbons (Fsp3) is 0.105. The van der Waals surface area contributed by atoms with E-state index in [0.29, 0.717) is 5.69 Å². The fourth-order valence-corrected chi connectivity index (χ4v) is 2.61. The molecule has 0 radical (unpaired) electrons. The summed E-state index contributed by atoms with van der Waals surface area (Å²) in [7, 11) is 0. The monoisotopic (exact) mass is 305 g/mol. The quantitative estimate of drug-likeness (QED) is 0.733. The standard InChI is InChI=1S/C19H15NO3/c21-15(12-19(22)23)10-14-11-17(13-6-2-1-3-7-13)16-8-4-5-9-18(16)20-14/h1-9,11H,10,12H2,(H,22,23). The van der Waals surface area contributed by atoms with Gasteiger partial charge in [-0.1, -0.05) is 48.5 Å². The molecule has 0 aliphatic carbocycles.